The van der Waals surface area contributed by atoms with Crippen LogP contribution in [-0.2, 0) is 0 Å². The Balaban J connectivity index is 1.97. The number of halogens is 3. The standard InChI is InChI=1S/C17H18F3N3O2S/c1-10(2)13-8-16(24,17(18,19)20)23(22-13)15-21-14(9-26-15)11-4-6-12(25-3)7-5-11/h4-7,9-10,24H,8H2,1-3H3/t16-/m0/s1. The second kappa shape index (κ2) is 6.55. The quantitative estimate of drug-likeness (QED) is 0.853. The molecule has 140 valence electrons. The second-order valence-corrected chi connectivity index (χ2v) is 7.13. The van der Waals surface area contributed by atoms with Gasteiger partial charge < -0.3 is 9.84 Å². The minimum absolute atomic E-state index is 0.00806. The van der Waals surface area contributed by atoms with E-state index in [-0.39, 0.29) is 16.8 Å². The number of aliphatic hydroxyl groups is 1. The third kappa shape index (κ3) is 3.16. The van der Waals surface area contributed by atoms with Gasteiger partial charge in [-0.2, -0.15) is 23.3 Å². The smallest absolute Gasteiger partial charge is 0.438 e. The molecule has 0 amide bonds. The molecule has 1 aromatic carbocycles. The largest absolute Gasteiger partial charge is 0.497 e. The lowest BCUT2D eigenvalue weighted by Crippen LogP contribution is -2.55. The molecule has 9 heteroatoms. The maximum Gasteiger partial charge on any atom is 0.438 e. The lowest BCUT2D eigenvalue weighted by molar-refractivity contribution is -0.254. The van der Waals surface area contributed by atoms with E-state index >= 15 is 0 Å². The summed E-state index contributed by atoms with van der Waals surface area (Å²) in [7, 11) is 1.55. The average Bonchev–Trinajstić information content (AvgIpc) is 3.19. The van der Waals surface area contributed by atoms with E-state index in [1.165, 1.54) is 0 Å². The lowest BCUT2D eigenvalue weighted by Gasteiger charge is -2.32. The van der Waals surface area contributed by atoms with Gasteiger partial charge in [0.15, 0.2) is 0 Å². The van der Waals surface area contributed by atoms with E-state index in [9.17, 15) is 18.3 Å². The zero-order valence-electron chi connectivity index (χ0n) is 14.4. The Kier molecular flexibility index (Phi) is 4.70. The van der Waals surface area contributed by atoms with Crippen molar-refractivity contribution in [2.45, 2.75) is 32.2 Å². The van der Waals surface area contributed by atoms with Crippen LogP contribution < -0.4 is 9.75 Å². The van der Waals surface area contributed by atoms with Gasteiger partial charge in [-0.05, 0) is 30.2 Å². The van der Waals surface area contributed by atoms with Crippen LogP contribution in [0.5, 0.6) is 5.75 Å². The number of ether oxygens (including phenoxy) is 1. The van der Waals surface area contributed by atoms with E-state index in [4.69, 9.17) is 4.74 Å². The molecule has 26 heavy (non-hydrogen) atoms. The highest BCUT2D eigenvalue weighted by atomic mass is 32.1. The van der Waals surface area contributed by atoms with Gasteiger partial charge in [-0.3, -0.25) is 0 Å². The molecule has 1 aliphatic rings. The van der Waals surface area contributed by atoms with Crippen molar-refractivity contribution >= 4 is 22.2 Å². The van der Waals surface area contributed by atoms with Crippen LogP contribution in [0.2, 0.25) is 0 Å². The van der Waals surface area contributed by atoms with Crippen LogP contribution in [0.1, 0.15) is 20.3 Å². The molecule has 0 spiro atoms. The molecule has 1 aromatic heterocycles. The van der Waals surface area contributed by atoms with Gasteiger partial charge in [0.25, 0.3) is 5.72 Å². The van der Waals surface area contributed by atoms with Crippen molar-refractivity contribution in [3.63, 3.8) is 0 Å². The van der Waals surface area contributed by atoms with Crippen LogP contribution in [0.3, 0.4) is 0 Å². The number of alkyl halides is 3. The van der Waals surface area contributed by atoms with E-state index in [2.05, 4.69) is 10.1 Å². The van der Waals surface area contributed by atoms with Gasteiger partial charge in [-0.25, -0.2) is 4.98 Å². The Morgan fingerprint density at radius 3 is 2.46 bits per heavy atom. The zero-order valence-corrected chi connectivity index (χ0v) is 15.2. The van der Waals surface area contributed by atoms with Gasteiger partial charge in [0.2, 0.25) is 5.13 Å². The summed E-state index contributed by atoms with van der Waals surface area (Å²) in [5.41, 5.74) is -1.56. The van der Waals surface area contributed by atoms with E-state index in [1.54, 1.807) is 50.6 Å². The van der Waals surface area contributed by atoms with Crippen LogP contribution in [0, 0.1) is 5.92 Å². The molecule has 0 aliphatic carbocycles. The molecular weight excluding hydrogens is 367 g/mol. The van der Waals surface area contributed by atoms with Crippen molar-refractivity contribution in [2.75, 3.05) is 12.1 Å². The van der Waals surface area contributed by atoms with E-state index in [0.29, 0.717) is 16.5 Å². The molecule has 2 aromatic rings. The molecule has 0 unspecified atom stereocenters. The summed E-state index contributed by atoms with van der Waals surface area (Å²) in [6.07, 6.45) is -5.45. The molecule has 0 saturated carbocycles. The van der Waals surface area contributed by atoms with Gasteiger partial charge in [0.05, 0.1) is 12.8 Å². The number of nitrogens with zero attached hydrogens (tertiary/aromatic N) is 3. The number of rotatable bonds is 4. The number of aromatic nitrogens is 1. The second-order valence-electron chi connectivity index (χ2n) is 6.29. The van der Waals surface area contributed by atoms with E-state index in [0.717, 1.165) is 16.9 Å². The third-order valence-corrected chi connectivity index (χ3v) is 5.00. The van der Waals surface area contributed by atoms with Crippen LogP contribution in [0.15, 0.2) is 34.7 Å². The number of methoxy groups -OCH3 is 1. The van der Waals surface area contributed by atoms with Crippen molar-refractivity contribution in [2.24, 2.45) is 11.0 Å². The Hall–Kier alpha value is -2.13. The normalized spacial score (nSPS) is 20.6. The van der Waals surface area contributed by atoms with Gasteiger partial charge in [-0.15, -0.1) is 11.3 Å². The number of benzene rings is 1. The van der Waals surface area contributed by atoms with Crippen molar-refractivity contribution < 1.29 is 23.0 Å². The molecule has 5 nitrogen and oxygen atoms in total. The minimum atomic E-state index is -4.86. The van der Waals surface area contributed by atoms with Crippen LogP contribution in [-0.4, -0.2) is 34.8 Å². The van der Waals surface area contributed by atoms with Crippen LogP contribution in [0.4, 0.5) is 18.3 Å². The molecule has 1 N–H and O–H groups in total. The van der Waals surface area contributed by atoms with Crippen LogP contribution in [0.25, 0.3) is 11.3 Å². The number of hydrazone groups is 1. The predicted molar refractivity (Wildman–Crippen MR) is 94.5 cm³/mol. The van der Waals surface area contributed by atoms with Gasteiger partial charge in [0, 0.05) is 23.1 Å². The van der Waals surface area contributed by atoms with Crippen molar-refractivity contribution in [3.8, 4) is 17.0 Å². The van der Waals surface area contributed by atoms with Crippen molar-refractivity contribution in [1.82, 2.24) is 4.98 Å². The summed E-state index contributed by atoms with van der Waals surface area (Å²) < 4.78 is 45.7. The zero-order chi connectivity index (χ0) is 19.1. The molecule has 0 bridgehead atoms. The molecule has 3 rings (SSSR count). The Morgan fingerprint density at radius 1 is 1.27 bits per heavy atom. The van der Waals surface area contributed by atoms with Crippen LogP contribution >= 0.6 is 11.3 Å². The Labute approximate surface area is 152 Å². The third-order valence-electron chi connectivity index (χ3n) is 4.19. The highest BCUT2D eigenvalue weighted by molar-refractivity contribution is 7.14. The highest BCUT2D eigenvalue weighted by Gasteiger charge is 2.62. The maximum atomic E-state index is 13.5. The fraction of sp³-hybridized carbons (Fsp3) is 0.412. The molecule has 0 fully saturated rings. The number of thiazole rings is 1. The SMILES string of the molecule is COc1ccc(-c2csc(N3N=C(C(C)C)C[C@]3(O)C(F)(F)F)n2)cc1. The number of hydrogen-bond donors (Lipinski definition) is 1. The van der Waals surface area contributed by atoms with Gasteiger partial charge in [-0.1, -0.05) is 13.8 Å². The van der Waals surface area contributed by atoms with E-state index < -0.39 is 18.3 Å². The molecule has 0 radical (unpaired) electrons. The number of hydrogen-bond acceptors (Lipinski definition) is 6. The molecule has 1 aliphatic heterocycles. The first kappa shape index (κ1) is 18.7. The average molecular weight is 385 g/mol. The Bertz CT molecular complexity index is 817. The summed E-state index contributed by atoms with van der Waals surface area (Å²) in [5.74, 6) is 0.455. The monoisotopic (exact) mass is 385 g/mol. The van der Waals surface area contributed by atoms with Crippen molar-refractivity contribution in [3.05, 3.63) is 29.6 Å². The fourth-order valence-corrected chi connectivity index (χ4v) is 3.42. The first-order valence-electron chi connectivity index (χ1n) is 7.92. The lowest BCUT2D eigenvalue weighted by atomic mass is 9.99. The summed E-state index contributed by atoms with van der Waals surface area (Å²) in [5, 5.41) is 16.6. The van der Waals surface area contributed by atoms with E-state index in [1.807, 2.05) is 0 Å². The van der Waals surface area contributed by atoms with Gasteiger partial charge in [0.1, 0.15) is 5.75 Å². The molecular formula is C17H18F3N3O2S. The predicted octanol–water partition coefficient (Wildman–Crippen LogP) is 4.29. The topological polar surface area (TPSA) is 58.0 Å². The fourth-order valence-electron chi connectivity index (χ4n) is 2.57. The Morgan fingerprint density at radius 2 is 1.92 bits per heavy atom. The summed E-state index contributed by atoms with van der Waals surface area (Å²) >= 11 is 1.00. The summed E-state index contributed by atoms with van der Waals surface area (Å²) in [6, 6.07) is 7.01. The minimum Gasteiger partial charge on any atom is -0.497 e. The maximum absolute atomic E-state index is 13.5. The highest BCUT2D eigenvalue weighted by Crippen LogP contribution is 2.45. The molecule has 0 saturated heterocycles. The first-order chi connectivity index (χ1) is 12.2. The number of anilines is 1. The summed E-state index contributed by atoms with van der Waals surface area (Å²) in [4.78, 5) is 4.26. The molecule has 2 heterocycles. The first-order valence-corrected chi connectivity index (χ1v) is 8.80. The molecule has 1 atom stereocenters. The van der Waals surface area contributed by atoms with Gasteiger partial charge >= 0.3 is 6.18 Å². The van der Waals surface area contributed by atoms with Crippen molar-refractivity contribution in [1.29, 1.82) is 0 Å². The summed E-state index contributed by atoms with van der Waals surface area (Å²) in [6.45, 7) is 3.48.